The summed E-state index contributed by atoms with van der Waals surface area (Å²) in [4.78, 5) is 29.0. The second-order valence-electron chi connectivity index (χ2n) is 6.20. The molecule has 0 saturated carbocycles. The van der Waals surface area contributed by atoms with Crippen molar-refractivity contribution >= 4 is 22.9 Å². The molecule has 2 N–H and O–H groups in total. The van der Waals surface area contributed by atoms with Crippen LogP contribution in [0.25, 0.3) is 22.7 Å². The lowest BCUT2D eigenvalue weighted by Gasteiger charge is -2.16. The maximum Gasteiger partial charge on any atom is 0.267 e. The van der Waals surface area contributed by atoms with Gasteiger partial charge >= 0.3 is 0 Å². The lowest BCUT2D eigenvalue weighted by atomic mass is 10.1. The van der Waals surface area contributed by atoms with Gasteiger partial charge in [0.1, 0.15) is 11.6 Å². The number of carbonyl (C=O) groups is 1. The van der Waals surface area contributed by atoms with Gasteiger partial charge in [-0.3, -0.25) is 19.4 Å². The van der Waals surface area contributed by atoms with Crippen molar-refractivity contribution in [1.29, 1.82) is 0 Å². The Labute approximate surface area is 160 Å². The normalized spacial score (nSPS) is 11.3. The van der Waals surface area contributed by atoms with Crippen molar-refractivity contribution in [2.75, 3.05) is 0 Å². The van der Waals surface area contributed by atoms with Crippen LogP contribution in [0.2, 0.25) is 0 Å². The average Bonchev–Trinajstić information content (AvgIpc) is 2.72. The summed E-state index contributed by atoms with van der Waals surface area (Å²) in [7, 11) is 0. The monoisotopic (exact) mass is 381 g/mol. The van der Waals surface area contributed by atoms with Crippen LogP contribution in [0.3, 0.4) is 0 Å². The van der Waals surface area contributed by atoms with Crippen LogP contribution in [0.15, 0.2) is 47.3 Å². The molecule has 28 heavy (non-hydrogen) atoms. The van der Waals surface area contributed by atoms with E-state index in [0.29, 0.717) is 12.2 Å². The molecule has 0 aliphatic heterocycles. The molecule has 7 heteroatoms. The van der Waals surface area contributed by atoms with Gasteiger partial charge < -0.3 is 0 Å². The molecule has 0 aliphatic rings. The minimum Gasteiger partial charge on any atom is -0.288 e. The van der Waals surface area contributed by atoms with Crippen molar-refractivity contribution in [3.63, 3.8) is 0 Å². The molecule has 3 rings (SSSR count). The molecule has 0 radical (unpaired) electrons. The Hall–Kier alpha value is -3.32. The van der Waals surface area contributed by atoms with Gasteiger partial charge in [0.25, 0.3) is 11.5 Å². The Balaban J connectivity index is 2.30. The number of amides is 1. The molecule has 0 spiro atoms. The highest BCUT2D eigenvalue weighted by Gasteiger charge is 2.15. The molecule has 0 fully saturated rings. The summed E-state index contributed by atoms with van der Waals surface area (Å²) in [6.07, 6.45) is 3.42. The van der Waals surface area contributed by atoms with Crippen LogP contribution >= 0.6 is 0 Å². The molecule has 1 aromatic heterocycles. The SMILES string of the molecule is CCc1ccccc1-n1c(CC)nc2cc(F)c(/C=C/C(=O)NO)cc2c1=O. The van der Waals surface area contributed by atoms with Gasteiger partial charge in [-0.2, -0.15) is 0 Å². The third-order valence-corrected chi connectivity index (χ3v) is 4.51. The van der Waals surface area contributed by atoms with Crippen molar-refractivity contribution in [2.24, 2.45) is 0 Å². The summed E-state index contributed by atoms with van der Waals surface area (Å²) < 4.78 is 16.0. The molecule has 6 nitrogen and oxygen atoms in total. The van der Waals surface area contributed by atoms with Crippen LogP contribution in [-0.2, 0) is 17.6 Å². The van der Waals surface area contributed by atoms with Crippen LogP contribution < -0.4 is 11.0 Å². The fourth-order valence-electron chi connectivity index (χ4n) is 3.11. The van der Waals surface area contributed by atoms with E-state index >= 15 is 0 Å². The van der Waals surface area contributed by atoms with Crippen LogP contribution in [0, 0.1) is 5.82 Å². The highest BCUT2D eigenvalue weighted by Crippen LogP contribution is 2.21. The van der Waals surface area contributed by atoms with Crippen LogP contribution in [0.1, 0.15) is 30.8 Å². The molecule has 0 saturated heterocycles. The van der Waals surface area contributed by atoms with Gasteiger partial charge in [0.05, 0.1) is 16.6 Å². The molecular weight excluding hydrogens is 361 g/mol. The lowest BCUT2D eigenvalue weighted by Crippen LogP contribution is -2.24. The topological polar surface area (TPSA) is 84.2 Å². The summed E-state index contributed by atoms with van der Waals surface area (Å²) in [6.45, 7) is 3.90. The second-order valence-corrected chi connectivity index (χ2v) is 6.20. The zero-order chi connectivity index (χ0) is 20.3. The maximum absolute atomic E-state index is 14.4. The number of halogens is 1. The van der Waals surface area contributed by atoms with Gasteiger partial charge in [-0.15, -0.1) is 0 Å². The molecule has 0 aliphatic carbocycles. The standard InChI is InChI=1S/C21H20FN3O3/c1-3-13-7-5-6-8-18(13)25-19(4-2)23-17-12-16(22)14(9-10-20(26)24-28)11-15(17)21(25)27/h5-12,28H,3-4H2,1-2H3,(H,24,26)/b10-9+. The van der Waals surface area contributed by atoms with Crippen molar-refractivity contribution in [3.8, 4) is 5.69 Å². The minimum atomic E-state index is -0.798. The molecular formula is C21H20FN3O3. The van der Waals surface area contributed by atoms with E-state index in [1.54, 1.807) is 4.57 Å². The van der Waals surface area contributed by atoms with E-state index in [0.717, 1.165) is 23.7 Å². The number of hydrogen-bond donors (Lipinski definition) is 2. The Bertz CT molecular complexity index is 1140. The Kier molecular flexibility index (Phi) is 5.65. The highest BCUT2D eigenvalue weighted by molar-refractivity contribution is 5.91. The first-order valence-corrected chi connectivity index (χ1v) is 8.95. The van der Waals surface area contributed by atoms with Crippen molar-refractivity contribution < 1.29 is 14.4 Å². The van der Waals surface area contributed by atoms with E-state index in [9.17, 15) is 14.0 Å². The molecule has 1 amide bonds. The number of aryl methyl sites for hydroxylation is 2. The number of nitrogens with one attached hydrogen (secondary N) is 1. The minimum absolute atomic E-state index is 0.0505. The molecule has 0 unspecified atom stereocenters. The Morgan fingerprint density at radius 3 is 2.68 bits per heavy atom. The first-order valence-electron chi connectivity index (χ1n) is 8.95. The zero-order valence-corrected chi connectivity index (χ0v) is 15.6. The highest BCUT2D eigenvalue weighted by atomic mass is 19.1. The van der Waals surface area contributed by atoms with Gasteiger partial charge in [0.2, 0.25) is 0 Å². The predicted octanol–water partition coefficient (Wildman–Crippen LogP) is 3.17. The number of hydroxylamine groups is 1. The van der Waals surface area contributed by atoms with Gasteiger partial charge in [0, 0.05) is 24.1 Å². The van der Waals surface area contributed by atoms with Gasteiger partial charge in [-0.05, 0) is 30.2 Å². The van der Waals surface area contributed by atoms with Gasteiger partial charge in [0.15, 0.2) is 0 Å². The number of benzene rings is 2. The van der Waals surface area contributed by atoms with Crippen LogP contribution in [-0.4, -0.2) is 20.7 Å². The van der Waals surface area contributed by atoms with E-state index in [4.69, 9.17) is 5.21 Å². The van der Waals surface area contributed by atoms with E-state index < -0.39 is 11.7 Å². The molecule has 0 bridgehead atoms. The van der Waals surface area contributed by atoms with Gasteiger partial charge in [-0.1, -0.05) is 32.0 Å². The number of rotatable bonds is 5. The number of carbonyl (C=O) groups excluding carboxylic acids is 1. The van der Waals surface area contributed by atoms with Gasteiger partial charge in [-0.25, -0.2) is 14.9 Å². The van der Waals surface area contributed by atoms with Crippen LogP contribution in [0.5, 0.6) is 0 Å². The number of aromatic nitrogens is 2. The van der Waals surface area contributed by atoms with E-state index in [-0.39, 0.29) is 22.0 Å². The summed E-state index contributed by atoms with van der Waals surface area (Å²) in [5, 5.41) is 8.80. The first kappa shape index (κ1) is 19.4. The third kappa shape index (κ3) is 3.57. The Morgan fingerprint density at radius 2 is 2.00 bits per heavy atom. The third-order valence-electron chi connectivity index (χ3n) is 4.51. The summed E-state index contributed by atoms with van der Waals surface area (Å²) in [5.41, 5.74) is 3.20. The Morgan fingerprint density at radius 1 is 1.25 bits per heavy atom. The lowest BCUT2D eigenvalue weighted by molar-refractivity contribution is -0.124. The fourth-order valence-corrected chi connectivity index (χ4v) is 3.11. The molecule has 3 aromatic rings. The molecule has 1 heterocycles. The summed E-state index contributed by atoms with van der Waals surface area (Å²) in [6, 6.07) is 10.1. The molecule has 144 valence electrons. The van der Waals surface area contributed by atoms with Crippen molar-refractivity contribution in [2.45, 2.75) is 26.7 Å². The summed E-state index contributed by atoms with van der Waals surface area (Å²) in [5.74, 6) is -0.871. The molecule has 2 aromatic carbocycles. The van der Waals surface area contributed by atoms with Crippen molar-refractivity contribution in [3.05, 3.63) is 75.6 Å². The van der Waals surface area contributed by atoms with Crippen LogP contribution in [0.4, 0.5) is 4.39 Å². The summed E-state index contributed by atoms with van der Waals surface area (Å²) >= 11 is 0. The zero-order valence-electron chi connectivity index (χ0n) is 15.6. The second kappa shape index (κ2) is 8.14. The smallest absolute Gasteiger partial charge is 0.267 e. The number of hydrogen-bond acceptors (Lipinski definition) is 4. The number of para-hydroxylation sites is 1. The van der Waals surface area contributed by atoms with E-state index in [1.807, 2.05) is 38.1 Å². The van der Waals surface area contributed by atoms with E-state index in [2.05, 4.69) is 4.98 Å². The quantitative estimate of drug-likeness (QED) is 0.404. The maximum atomic E-state index is 14.4. The largest absolute Gasteiger partial charge is 0.288 e. The number of nitrogens with zero attached hydrogens (tertiary/aromatic N) is 2. The fraction of sp³-hybridized carbons (Fsp3) is 0.190. The average molecular weight is 381 g/mol. The molecule has 0 atom stereocenters. The van der Waals surface area contributed by atoms with E-state index in [1.165, 1.54) is 23.7 Å². The number of fused-ring (bicyclic) bond motifs is 1. The predicted molar refractivity (Wildman–Crippen MR) is 105 cm³/mol. The van der Waals surface area contributed by atoms with Crippen molar-refractivity contribution in [1.82, 2.24) is 15.0 Å². The first-order chi connectivity index (χ1) is 13.5.